The highest BCUT2D eigenvalue weighted by Crippen LogP contribution is 2.37. The molecule has 3 aromatic rings. The van der Waals surface area contributed by atoms with Crippen molar-refractivity contribution in [1.29, 1.82) is 5.41 Å². The van der Waals surface area contributed by atoms with E-state index in [4.69, 9.17) is 21.0 Å². The number of benzene rings is 2. The van der Waals surface area contributed by atoms with Crippen LogP contribution in [0, 0.1) is 12.3 Å². The first-order valence-electron chi connectivity index (χ1n) is 9.02. The van der Waals surface area contributed by atoms with Crippen LogP contribution in [0.25, 0.3) is 11.1 Å². The van der Waals surface area contributed by atoms with E-state index in [0.717, 1.165) is 16.7 Å². The lowest BCUT2D eigenvalue weighted by atomic mass is 10.0. The van der Waals surface area contributed by atoms with Gasteiger partial charge in [-0.05, 0) is 42.5 Å². The Balaban J connectivity index is 0.000000479. The number of hydrogen-bond donors (Lipinski definition) is 3. The number of amidine groups is 1. The SMILES string of the molecule is CSc1sc(C(=N)N)cc1S(=O)(=O)c1cccc(-c2cccc(C)c2)c1.O=C(O)C(F)(F)F. The van der Waals surface area contributed by atoms with Crippen LogP contribution in [0.4, 0.5) is 13.2 Å². The quantitative estimate of drug-likeness (QED) is 0.244. The van der Waals surface area contributed by atoms with Crippen LogP contribution in [0.5, 0.6) is 0 Å². The molecule has 176 valence electrons. The van der Waals surface area contributed by atoms with Gasteiger partial charge in [-0.2, -0.15) is 13.2 Å². The molecule has 0 bridgehead atoms. The molecule has 0 saturated heterocycles. The molecule has 0 spiro atoms. The maximum absolute atomic E-state index is 13.2. The first kappa shape index (κ1) is 26.4. The molecule has 0 amide bonds. The summed E-state index contributed by atoms with van der Waals surface area (Å²) in [6, 6.07) is 16.4. The van der Waals surface area contributed by atoms with E-state index >= 15 is 0 Å². The van der Waals surface area contributed by atoms with Crippen molar-refractivity contribution in [2.45, 2.75) is 27.1 Å². The average molecular weight is 517 g/mol. The van der Waals surface area contributed by atoms with Crippen molar-refractivity contribution < 1.29 is 31.5 Å². The monoisotopic (exact) mass is 516 g/mol. The van der Waals surface area contributed by atoms with E-state index in [1.165, 1.54) is 29.2 Å². The summed E-state index contributed by atoms with van der Waals surface area (Å²) >= 11 is 2.57. The van der Waals surface area contributed by atoms with Gasteiger partial charge >= 0.3 is 12.1 Å². The molecule has 0 atom stereocenters. The number of carbonyl (C=O) groups is 1. The van der Waals surface area contributed by atoms with Crippen LogP contribution in [-0.4, -0.2) is 37.8 Å². The van der Waals surface area contributed by atoms with Crippen LogP contribution in [-0.2, 0) is 14.6 Å². The number of halogens is 3. The highest BCUT2D eigenvalue weighted by Gasteiger charge is 2.38. The molecule has 1 aromatic heterocycles. The number of nitrogens with two attached hydrogens (primary N) is 1. The van der Waals surface area contributed by atoms with Crippen molar-refractivity contribution in [2.24, 2.45) is 5.73 Å². The standard InChI is InChI=1S/C19H18N2O2S3.C2HF3O2/c1-12-5-3-6-13(9-12)14-7-4-8-15(10-14)26(22,23)17-11-16(18(20)21)25-19(17)24-2;3-2(4,5)1(6)7/h3-11H,1-2H3,(H3,20,21);(H,6,7). The van der Waals surface area contributed by atoms with Gasteiger partial charge < -0.3 is 10.8 Å². The van der Waals surface area contributed by atoms with Gasteiger partial charge in [0.15, 0.2) is 0 Å². The molecular formula is C21H19F3N2O4S3. The highest BCUT2D eigenvalue weighted by molar-refractivity contribution is 8.01. The Kier molecular flexibility index (Phi) is 8.33. The van der Waals surface area contributed by atoms with Crippen LogP contribution >= 0.6 is 23.1 Å². The van der Waals surface area contributed by atoms with Crippen molar-refractivity contribution in [2.75, 3.05) is 6.26 Å². The number of thioether (sulfide) groups is 1. The fraction of sp³-hybridized carbons (Fsp3) is 0.143. The number of rotatable bonds is 5. The predicted octanol–water partition coefficient (Wildman–Crippen LogP) is 5.20. The molecule has 1 heterocycles. The number of thiophene rings is 1. The molecule has 0 fully saturated rings. The summed E-state index contributed by atoms with van der Waals surface area (Å²) in [5, 5.41) is 14.7. The number of carboxylic acid groups (broad SMARTS) is 1. The lowest BCUT2D eigenvalue weighted by Gasteiger charge is -2.08. The summed E-state index contributed by atoms with van der Waals surface area (Å²) < 4.78 is 58.7. The molecule has 12 heteroatoms. The maximum Gasteiger partial charge on any atom is 0.490 e. The molecule has 0 aliphatic heterocycles. The first-order chi connectivity index (χ1) is 15.3. The number of hydrogen-bond acceptors (Lipinski definition) is 6. The van der Waals surface area contributed by atoms with Crippen molar-refractivity contribution in [1.82, 2.24) is 0 Å². The number of carboxylic acids is 1. The summed E-state index contributed by atoms with van der Waals surface area (Å²) in [6.45, 7) is 2.00. The second-order valence-electron chi connectivity index (χ2n) is 6.58. The molecular weight excluding hydrogens is 497 g/mol. The molecule has 2 aromatic carbocycles. The number of aliphatic carboxylic acids is 1. The minimum absolute atomic E-state index is 0.125. The lowest BCUT2D eigenvalue weighted by Crippen LogP contribution is -2.21. The number of nitrogen functional groups attached to an aromatic ring is 1. The molecule has 3 rings (SSSR count). The van der Waals surface area contributed by atoms with Crippen LogP contribution < -0.4 is 5.73 Å². The van der Waals surface area contributed by atoms with Gasteiger partial charge in [0.2, 0.25) is 9.84 Å². The van der Waals surface area contributed by atoms with Crippen LogP contribution in [0.2, 0.25) is 0 Å². The van der Waals surface area contributed by atoms with Crippen LogP contribution in [0.3, 0.4) is 0 Å². The van der Waals surface area contributed by atoms with Gasteiger partial charge in [-0.15, -0.1) is 23.1 Å². The Morgan fingerprint density at radius 1 is 1.09 bits per heavy atom. The fourth-order valence-electron chi connectivity index (χ4n) is 2.61. The summed E-state index contributed by atoms with van der Waals surface area (Å²) in [5.74, 6) is -2.88. The van der Waals surface area contributed by atoms with Gasteiger partial charge in [-0.1, -0.05) is 42.0 Å². The fourth-order valence-corrected chi connectivity index (χ4v) is 6.52. The van der Waals surface area contributed by atoms with E-state index in [-0.39, 0.29) is 15.6 Å². The van der Waals surface area contributed by atoms with Gasteiger partial charge in [-0.3, -0.25) is 5.41 Å². The Labute approximate surface area is 196 Å². The molecule has 0 saturated carbocycles. The summed E-state index contributed by atoms with van der Waals surface area (Å²) in [4.78, 5) is 9.80. The molecule has 33 heavy (non-hydrogen) atoms. The Hall–Kier alpha value is -2.83. The van der Waals surface area contributed by atoms with Crippen LogP contribution in [0.1, 0.15) is 10.4 Å². The smallest absolute Gasteiger partial charge is 0.475 e. The van der Waals surface area contributed by atoms with Crippen molar-refractivity contribution >= 4 is 44.7 Å². The van der Waals surface area contributed by atoms with Gasteiger partial charge in [0, 0.05) is 0 Å². The minimum atomic E-state index is -5.08. The topological polar surface area (TPSA) is 121 Å². The highest BCUT2D eigenvalue weighted by atomic mass is 32.2. The van der Waals surface area contributed by atoms with E-state index in [0.29, 0.717) is 9.09 Å². The second kappa shape index (κ2) is 10.4. The Morgan fingerprint density at radius 2 is 1.64 bits per heavy atom. The van der Waals surface area contributed by atoms with Crippen molar-refractivity contribution in [3.05, 3.63) is 65.0 Å². The van der Waals surface area contributed by atoms with Gasteiger partial charge in [0.25, 0.3) is 0 Å². The molecule has 0 aliphatic carbocycles. The molecule has 0 unspecified atom stereocenters. The second-order valence-corrected chi connectivity index (χ2v) is 10.6. The number of aryl methyl sites for hydroxylation is 1. The summed E-state index contributed by atoms with van der Waals surface area (Å²) in [5.41, 5.74) is 8.48. The largest absolute Gasteiger partial charge is 0.490 e. The Bertz CT molecular complexity index is 1290. The third-order valence-corrected chi connectivity index (χ3v) is 8.48. The van der Waals surface area contributed by atoms with Gasteiger partial charge in [-0.25, -0.2) is 13.2 Å². The third kappa shape index (κ3) is 6.59. The van der Waals surface area contributed by atoms with Crippen molar-refractivity contribution in [3.63, 3.8) is 0 Å². The normalized spacial score (nSPS) is 11.4. The Morgan fingerprint density at radius 3 is 2.12 bits per heavy atom. The molecule has 0 radical (unpaired) electrons. The molecule has 6 nitrogen and oxygen atoms in total. The lowest BCUT2D eigenvalue weighted by molar-refractivity contribution is -0.192. The molecule has 4 N–H and O–H groups in total. The zero-order valence-electron chi connectivity index (χ0n) is 17.3. The van der Waals surface area contributed by atoms with Crippen molar-refractivity contribution in [3.8, 4) is 11.1 Å². The number of nitrogens with one attached hydrogen (secondary N) is 1. The summed E-state index contributed by atoms with van der Waals surface area (Å²) in [6.07, 6.45) is -3.27. The predicted molar refractivity (Wildman–Crippen MR) is 123 cm³/mol. The summed E-state index contributed by atoms with van der Waals surface area (Å²) in [7, 11) is -3.70. The average Bonchev–Trinajstić information content (AvgIpc) is 3.19. The van der Waals surface area contributed by atoms with E-state index in [1.807, 2.05) is 43.5 Å². The van der Waals surface area contributed by atoms with Gasteiger partial charge in [0.05, 0.1) is 18.9 Å². The third-order valence-electron chi connectivity index (χ3n) is 4.14. The number of sulfone groups is 1. The number of alkyl halides is 3. The van der Waals surface area contributed by atoms with Crippen LogP contribution in [0.15, 0.2) is 68.6 Å². The van der Waals surface area contributed by atoms with Gasteiger partial charge in [0.1, 0.15) is 5.84 Å². The van der Waals surface area contributed by atoms with E-state index in [9.17, 15) is 21.6 Å². The molecule has 0 aliphatic rings. The first-order valence-corrected chi connectivity index (χ1v) is 12.5. The maximum atomic E-state index is 13.2. The zero-order valence-corrected chi connectivity index (χ0v) is 19.8. The van der Waals surface area contributed by atoms with E-state index in [1.54, 1.807) is 18.2 Å². The van der Waals surface area contributed by atoms with E-state index in [2.05, 4.69) is 0 Å². The van der Waals surface area contributed by atoms with E-state index < -0.39 is 22.0 Å². The zero-order chi connectivity index (χ0) is 25.0. The minimum Gasteiger partial charge on any atom is -0.475 e.